The number of hydrogen-bond donors (Lipinski definition) is 1. The highest BCUT2D eigenvalue weighted by Crippen LogP contribution is 2.23. The van der Waals surface area contributed by atoms with Crippen LogP contribution in [0.4, 0.5) is 0 Å². The normalized spacial score (nSPS) is 11.5. The van der Waals surface area contributed by atoms with Gasteiger partial charge in [-0.25, -0.2) is 4.79 Å². The molecule has 100 valence electrons. The number of hydrogen-bond acceptors (Lipinski definition) is 2. The summed E-state index contributed by atoms with van der Waals surface area (Å²) < 4.78 is 1.48. The molecule has 0 bridgehead atoms. The molecule has 0 saturated carbocycles. The SMILES string of the molecule is CCc1ccc(-c2cnn(C(C)(C)C(=O)O)c2)cc1. The van der Waals surface area contributed by atoms with E-state index in [1.54, 1.807) is 26.2 Å². The van der Waals surface area contributed by atoms with Crippen LogP contribution in [-0.2, 0) is 16.8 Å². The van der Waals surface area contributed by atoms with Gasteiger partial charge in [-0.3, -0.25) is 4.68 Å². The van der Waals surface area contributed by atoms with Crippen molar-refractivity contribution in [2.75, 3.05) is 0 Å². The van der Waals surface area contributed by atoms with Gasteiger partial charge in [0.05, 0.1) is 6.20 Å². The van der Waals surface area contributed by atoms with E-state index in [-0.39, 0.29) is 0 Å². The smallest absolute Gasteiger partial charge is 0.331 e. The van der Waals surface area contributed by atoms with E-state index in [2.05, 4.69) is 24.2 Å². The molecule has 0 fully saturated rings. The number of carboxylic acid groups (broad SMARTS) is 1. The Morgan fingerprint density at radius 2 is 1.89 bits per heavy atom. The second-order valence-corrected chi connectivity index (χ2v) is 5.09. The van der Waals surface area contributed by atoms with Crippen LogP contribution in [-0.4, -0.2) is 20.9 Å². The van der Waals surface area contributed by atoms with E-state index in [0.717, 1.165) is 17.5 Å². The van der Waals surface area contributed by atoms with Crippen molar-refractivity contribution in [2.45, 2.75) is 32.7 Å². The topological polar surface area (TPSA) is 55.1 Å². The maximum absolute atomic E-state index is 11.2. The Hall–Kier alpha value is -2.10. The van der Waals surface area contributed by atoms with E-state index in [1.807, 2.05) is 12.1 Å². The summed E-state index contributed by atoms with van der Waals surface area (Å²) in [5.41, 5.74) is 2.21. The molecule has 2 aromatic rings. The summed E-state index contributed by atoms with van der Waals surface area (Å²) in [5.74, 6) is -0.900. The predicted molar refractivity (Wildman–Crippen MR) is 74.0 cm³/mol. The van der Waals surface area contributed by atoms with E-state index < -0.39 is 11.5 Å². The Morgan fingerprint density at radius 1 is 1.26 bits per heavy atom. The van der Waals surface area contributed by atoms with Crippen molar-refractivity contribution < 1.29 is 9.90 Å². The molecule has 0 aliphatic heterocycles. The van der Waals surface area contributed by atoms with Crippen LogP contribution in [0.2, 0.25) is 0 Å². The lowest BCUT2D eigenvalue weighted by atomic mass is 10.1. The minimum Gasteiger partial charge on any atom is -0.479 e. The third-order valence-corrected chi connectivity index (χ3v) is 3.37. The van der Waals surface area contributed by atoms with Gasteiger partial charge in [0.2, 0.25) is 0 Å². The van der Waals surface area contributed by atoms with Gasteiger partial charge in [0, 0.05) is 11.8 Å². The summed E-state index contributed by atoms with van der Waals surface area (Å²) in [7, 11) is 0. The molecule has 4 heteroatoms. The van der Waals surface area contributed by atoms with Gasteiger partial charge in [0.25, 0.3) is 0 Å². The second-order valence-electron chi connectivity index (χ2n) is 5.09. The first-order chi connectivity index (χ1) is 8.95. The molecule has 0 atom stereocenters. The van der Waals surface area contributed by atoms with Gasteiger partial charge in [-0.1, -0.05) is 31.2 Å². The Kier molecular flexibility index (Phi) is 3.42. The summed E-state index contributed by atoms with van der Waals surface area (Å²) >= 11 is 0. The van der Waals surface area contributed by atoms with Gasteiger partial charge in [-0.15, -0.1) is 0 Å². The number of aromatic nitrogens is 2. The highest BCUT2D eigenvalue weighted by Gasteiger charge is 2.30. The van der Waals surface area contributed by atoms with Crippen molar-refractivity contribution in [3.05, 3.63) is 42.2 Å². The maximum Gasteiger partial charge on any atom is 0.331 e. The highest BCUT2D eigenvalue weighted by atomic mass is 16.4. The van der Waals surface area contributed by atoms with Crippen LogP contribution in [0.25, 0.3) is 11.1 Å². The molecule has 0 radical (unpaired) electrons. The van der Waals surface area contributed by atoms with Gasteiger partial charge in [0.1, 0.15) is 0 Å². The summed E-state index contributed by atoms with van der Waals surface area (Å²) in [4.78, 5) is 11.2. The van der Waals surface area contributed by atoms with Gasteiger partial charge >= 0.3 is 5.97 Å². The van der Waals surface area contributed by atoms with Crippen LogP contribution in [0.1, 0.15) is 26.3 Å². The largest absolute Gasteiger partial charge is 0.479 e. The zero-order valence-electron chi connectivity index (χ0n) is 11.4. The summed E-state index contributed by atoms with van der Waals surface area (Å²) in [5, 5.41) is 13.3. The molecule has 0 aliphatic carbocycles. The van der Waals surface area contributed by atoms with Crippen LogP contribution in [0.3, 0.4) is 0 Å². The fourth-order valence-corrected chi connectivity index (χ4v) is 1.81. The van der Waals surface area contributed by atoms with Crippen LogP contribution in [0.5, 0.6) is 0 Å². The maximum atomic E-state index is 11.2. The van der Waals surface area contributed by atoms with Crippen LogP contribution in [0.15, 0.2) is 36.7 Å². The van der Waals surface area contributed by atoms with Gasteiger partial charge in [0.15, 0.2) is 5.54 Å². The molecule has 0 unspecified atom stereocenters. The van der Waals surface area contributed by atoms with Crippen molar-refractivity contribution in [3.63, 3.8) is 0 Å². The third-order valence-electron chi connectivity index (χ3n) is 3.37. The quantitative estimate of drug-likeness (QED) is 0.917. The molecule has 2 rings (SSSR count). The number of aliphatic carboxylic acids is 1. The summed E-state index contributed by atoms with van der Waals surface area (Å²) in [6, 6.07) is 8.23. The van der Waals surface area contributed by atoms with Gasteiger partial charge < -0.3 is 5.11 Å². The van der Waals surface area contributed by atoms with Crippen LogP contribution >= 0.6 is 0 Å². The standard InChI is InChI=1S/C15H18N2O2/c1-4-11-5-7-12(8-6-11)13-9-16-17(10-13)15(2,3)14(18)19/h5-10H,4H2,1-3H3,(H,18,19). The molecule has 4 nitrogen and oxygen atoms in total. The Balaban J connectivity index is 2.32. The van der Waals surface area contributed by atoms with Crippen LogP contribution < -0.4 is 0 Å². The lowest BCUT2D eigenvalue weighted by Crippen LogP contribution is -2.35. The molecule has 1 N–H and O–H groups in total. The number of nitrogens with zero attached hydrogens (tertiary/aromatic N) is 2. The molecule has 1 aromatic carbocycles. The monoisotopic (exact) mass is 258 g/mol. The molecule has 0 aliphatic rings. The second kappa shape index (κ2) is 4.88. The van der Waals surface area contributed by atoms with E-state index in [0.29, 0.717) is 0 Å². The fourth-order valence-electron chi connectivity index (χ4n) is 1.81. The van der Waals surface area contributed by atoms with Crippen molar-refractivity contribution >= 4 is 5.97 Å². The number of aryl methyl sites for hydroxylation is 1. The number of carboxylic acids is 1. The third kappa shape index (κ3) is 2.52. The Labute approximate surface area is 112 Å². The van der Waals surface area contributed by atoms with E-state index in [1.165, 1.54) is 10.2 Å². The average Bonchev–Trinajstić information content (AvgIpc) is 2.89. The van der Waals surface area contributed by atoms with E-state index in [9.17, 15) is 9.90 Å². The van der Waals surface area contributed by atoms with Crippen molar-refractivity contribution in [2.24, 2.45) is 0 Å². The molecule has 19 heavy (non-hydrogen) atoms. The Morgan fingerprint density at radius 3 is 2.42 bits per heavy atom. The van der Waals surface area contributed by atoms with Crippen molar-refractivity contribution in [1.29, 1.82) is 0 Å². The van der Waals surface area contributed by atoms with Gasteiger partial charge in [-0.05, 0) is 31.4 Å². The highest BCUT2D eigenvalue weighted by molar-refractivity contribution is 5.75. The molecule has 1 aromatic heterocycles. The molecule has 0 saturated heterocycles. The van der Waals surface area contributed by atoms with Crippen molar-refractivity contribution in [3.8, 4) is 11.1 Å². The minimum atomic E-state index is -1.04. The lowest BCUT2D eigenvalue weighted by Gasteiger charge is -2.19. The molecular formula is C15H18N2O2. The summed E-state index contributed by atoms with van der Waals surface area (Å²) in [6.45, 7) is 5.38. The number of carbonyl (C=O) groups is 1. The molecule has 0 amide bonds. The minimum absolute atomic E-state index is 0.900. The predicted octanol–water partition coefficient (Wildman–Crippen LogP) is 2.93. The first-order valence-electron chi connectivity index (χ1n) is 6.33. The number of rotatable bonds is 4. The first kappa shape index (κ1) is 13.3. The Bertz CT molecular complexity index is 582. The fraction of sp³-hybridized carbons (Fsp3) is 0.333. The number of benzene rings is 1. The molecule has 1 heterocycles. The zero-order chi connectivity index (χ0) is 14.0. The lowest BCUT2D eigenvalue weighted by molar-refractivity contribution is -0.146. The average molecular weight is 258 g/mol. The van der Waals surface area contributed by atoms with Crippen LogP contribution in [0, 0.1) is 0 Å². The van der Waals surface area contributed by atoms with E-state index >= 15 is 0 Å². The van der Waals surface area contributed by atoms with E-state index in [4.69, 9.17) is 0 Å². The van der Waals surface area contributed by atoms with Gasteiger partial charge in [-0.2, -0.15) is 5.10 Å². The molecular weight excluding hydrogens is 240 g/mol. The molecule has 0 spiro atoms. The van der Waals surface area contributed by atoms with Crippen molar-refractivity contribution in [1.82, 2.24) is 9.78 Å². The first-order valence-corrected chi connectivity index (χ1v) is 6.33. The summed E-state index contributed by atoms with van der Waals surface area (Å²) in [6.07, 6.45) is 4.48. The zero-order valence-corrected chi connectivity index (χ0v) is 11.4.